The van der Waals surface area contributed by atoms with Crippen LogP contribution in [0.4, 0.5) is 5.82 Å². The molecule has 0 aliphatic heterocycles. The van der Waals surface area contributed by atoms with E-state index in [0.29, 0.717) is 12.4 Å². The van der Waals surface area contributed by atoms with Crippen LogP contribution in [0.15, 0.2) is 58.5 Å². The Balaban J connectivity index is 1.66. The van der Waals surface area contributed by atoms with Gasteiger partial charge in [0.05, 0.1) is 25.2 Å². The highest BCUT2D eigenvalue weighted by Crippen LogP contribution is 2.23. The van der Waals surface area contributed by atoms with Crippen LogP contribution in [0.3, 0.4) is 0 Å². The molecule has 27 heavy (non-hydrogen) atoms. The van der Waals surface area contributed by atoms with Crippen LogP contribution in [-0.4, -0.2) is 21.6 Å². The SMILES string of the molecule is CC(=O)N[C@@H](CC(=O)Nc1ccnn1Cc1ccc(Br)cc1)c1cccs1. The molecule has 8 heteroatoms. The molecule has 0 bridgehead atoms. The van der Waals surface area contributed by atoms with E-state index in [1.54, 1.807) is 16.9 Å². The van der Waals surface area contributed by atoms with Crippen LogP contribution in [0.2, 0.25) is 0 Å². The van der Waals surface area contributed by atoms with E-state index in [1.807, 2.05) is 41.8 Å². The monoisotopic (exact) mass is 446 g/mol. The Morgan fingerprint density at radius 1 is 1.22 bits per heavy atom. The average molecular weight is 447 g/mol. The van der Waals surface area contributed by atoms with E-state index in [0.717, 1.165) is 14.9 Å². The van der Waals surface area contributed by atoms with Gasteiger partial charge in [-0.1, -0.05) is 34.1 Å². The van der Waals surface area contributed by atoms with Gasteiger partial charge < -0.3 is 10.6 Å². The minimum absolute atomic E-state index is 0.156. The number of aromatic nitrogens is 2. The number of hydrogen-bond donors (Lipinski definition) is 2. The number of benzene rings is 1. The molecule has 0 saturated carbocycles. The fourth-order valence-corrected chi connectivity index (χ4v) is 3.71. The number of carbonyl (C=O) groups excluding carboxylic acids is 2. The van der Waals surface area contributed by atoms with Gasteiger partial charge >= 0.3 is 0 Å². The largest absolute Gasteiger partial charge is 0.348 e. The summed E-state index contributed by atoms with van der Waals surface area (Å²) in [7, 11) is 0. The van der Waals surface area contributed by atoms with Crippen molar-refractivity contribution in [3.63, 3.8) is 0 Å². The Morgan fingerprint density at radius 3 is 2.67 bits per heavy atom. The molecular weight excluding hydrogens is 428 g/mol. The molecule has 6 nitrogen and oxygen atoms in total. The Morgan fingerprint density at radius 2 is 2.00 bits per heavy atom. The topological polar surface area (TPSA) is 76.0 Å². The van der Waals surface area contributed by atoms with Gasteiger partial charge in [0.1, 0.15) is 5.82 Å². The van der Waals surface area contributed by atoms with Crippen molar-refractivity contribution in [1.82, 2.24) is 15.1 Å². The third-order valence-electron chi connectivity index (χ3n) is 3.88. The summed E-state index contributed by atoms with van der Waals surface area (Å²) in [6.45, 7) is 2.00. The maximum Gasteiger partial charge on any atom is 0.227 e. The second kappa shape index (κ2) is 8.96. The summed E-state index contributed by atoms with van der Waals surface area (Å²) in [6, 6.07) is 13.2. The van der Waals surface area contributed by atoms with Crippen molar-refractivity contribution in [3.05, 3.63) is 69.0 Å². The van der Waals surface area contributed by atoms with Crippen molar-refractivity contribution < 1.29 is 9.59 Å². The molecule has 2 heterocycles. The van der Waals surface area contributed by atoms with Crippen LogP contribution in [0.1, 0.15) is 29.8 Å². The second-order valence-corrected chi connectivity index (χ2v) is 7.92. The molecule has 0 spiro atoms. The Hall–Kier alpha value is -2.45. The van der Waals surface area contributed by atoms with Gasteiger partial charge in [-0.3, -0.25) is 9.59 Å². The molecule has 3 aromatic rings. The molecular formula is C19H19BrN4O2S. The number of nitrogens with one attached hydrogen (secondary N) is 2. The van der Waals surface area contributed by atoms with Gasteiger partial charge in [-0.15, -0.1) is 11.3 Å². The quantitative estimate of drug-likeness (QED) is 0.576. The summed E-state index contributed by atoms with van der Waals surface area (Å²) in [5.41, 5.74) is 1.08. The summed E-state index contributed by atoms with van der Waals surface area (Å²) >= 11 is 4.93. The second-order valence-electron chi connectivity index (χ2n) is 6.02. The minimum Gasteiger partial charge on any atom is -0.348 e. The summed E-state index contributed by atoms with van der Waals surface area (Å²) < 4.78 is 2.75. The fraction of sp³-hybridized carbons (Fsp3) is 0.211. The molecule has 0 radical (unpaired) electrons. The van der Waals surface area contributed by atoms with E-state index in [9.17, 15) is 9.59 Å². The molecule has 3 rings (SSSR count). The van der Waals surface area contributed by atoms with Crippen molar-refractivity contribution in [2.45, 2.75) is 25.9 Å². The van der Waals surface area contributed by atoms with E-state index in [2.05, 4.69) is 31.7 Å². The van der Waals surface area contributed by atoms with Gasteiger partial charge in [0.25, 0.3) is 0 Å². The van der Waals surface area contributed by atoms with E-state index >= 15 is 0 Å². The predicted octanol–water partition coefficient (Wildman–Crippen LogP) is 3.96. The van der Waals surface area contributed by atoms with Gasteiger partial charge in [-0.05, 0) is 29.1 Å². The lowest BCUT2D eigenvalue weighted by atomic mass is 10.1. The van der Waals surface area contributed by atoms with Gasteiger partial charge in [0.15, 0.2) is 0 Å². The molecule has 1 atom stereocenters. The number of rotatable bonds is 7. The van der Waals surface area contributed by atoms with Crippen LogP contribution in [-0.2, 0) is 16.1 Å². The first-order chi connectivity index (χ1) is 13.0. The average Bonchev–Trinajstić information content (AvgIpc) is 3.28. The molecule has 2 aromatic heterocycles. The lowest BCUT2D eigenvalue weighted by Gasteiger charge is -2.16. The maximum absolute atomic E-state index is 12.5. The highest BCUT2D eigenvalue weighted by atomic mass is 79.9. The van der Waals surface area contributed by atoms with Crippen LogP contribution in [0.25, 0.3) is 0 Å². The number of carbonyl (C=O) groups is 2. The zero-order valence-corrected chi connectivity index (χ0v) is 17.1. The normalized spacial score (nSPS) is 11.8. The zero-order chi connectivity index (χ0) is 19.2. The Labute approximate surface area is 169 Å². The Bertz CT molecular complexity index is 906. The number of thiophene rings is 1. The van der Waals surface area contributed by atoms with Crippen molar-refractivity contribution in [2.24, 2.45) is 0 Å². The lowest BCUT2D eigenvalue weighted by molar-refractivity contribution is -0.120. The molecule has 1 aromatic carbocycles. The van der Waals surface area contributed by atoms with Gasteiger partial charge in [0, 0.05) is 22.3 Å². The van der Waals surface area contributed by atoms with E-state index in [4.69, 9.17) is 0 Å². The highest BCUT2D eigenvalue weighted by Gasteiger charge is 2.19. The van der Waals surface area contributed by atoms with Crippen molar-refractivity contribution in [3.8, 4) is 0 Å². The molecule has 0 aliphatic rings. The van der Waals surface area contributed by atoms with Crippen LogP contribution < -0.4 is 10.6 Å². The Kier molecular flexibility index (Phi) is 6.41. The van der Waals surface area contributed by atoms with Crippen molar-refractivity contribution in [2.75, 3.05) is 5.32 Å². The van der Waals surface area contributed by atoms with Gasteiger partial charge in [-0.2, -0.15) is 5.10 Å². The van der Waals surface area contributed by atoms with Crippen molar-refractivity contribution in [1.29, 1.82) is 0 Å². The number of anilines is 1. The van der Waals surface area contributed by atoms with E-state index in [1.165, 1.54) is 18.3 Å². The fourth-order valence-electron chi connectivity index (χ4n) is 2.66. The summed E-state index contributed by atoms with van der Waals surface area (Å²) in [5, 5.41) is 11.9. The number of nitrogens with zero attached hydrogens (tertiary/aromatic N) is 2. The standard InChI is InChI=1S/C19H19BrN4O2S/c1-13(25)22-16(17-3-2-10-27-17)11-19(26)23-18-8-9-21-24(18)12-14-4-6-15(20)7-5-14/h2-10,16H,11-12H2,1H3,(H,22,25)(H,23,26)/t16-/m0/s1. The summed E-state index contributed by atoms with van der Waals surface area (Å²) in [4.78, 5) is 25.0. The maximum atomic E-state index is 12.5. The zero-order valence-electron chi connectivity index (χ0n) is 14.7. The first-order valence-corrected chi connectivity index (χ1v) is 10.0. The van der Waals surface area contributed by atoms with Gasteiger partial charge in [-0.25, -0.2) is 4.68 Å². The smallest absolute Gasteiger partial charge is 0.227 e. The molecule has 2 N–H and O–H groups in total. The summed E-state index contributed by atoms with van der Waals surface area (Å²) in [6.07, 6.45) is 1.81. The highest BCUT2D eigenvalue weighted by molar-refractivity contribution is 9.10. The number of amides is 2. The first-order valence-electron chi connectivity index (χ1n) is 8.38. The third-order valence-corrected chi connectivity index (χ3v) is 5.40. The number of halogens is 1. The molecule has 140 valence electrons. The minimum atomic E-state index is -0.342. The van der Waals surface area contributed by atoms with Gasteiger partial charge in [0.2, 0.25) is 11.8 Å². The van der Waals surface area contributed by atoms with E-state index < -0.39 is 0 Å². The molecule has 0 saturated heterocycles. The summed E-state index contributed by atoms with van der Waals surface area (Å²) in [5.74, 6) is 0.275. The molecule has 0 aliphatic carbocycles. The van der Waals surface area contributed by atoms with Crippen LogP contribution in [0, 0.1) is 0 Å². The van der Waals surface area contributed by atoms with E-state index in [-0.39, 0.29) is 24.3 Å². The molecule has 0 fully saturated rings. The lowest BCUT2D eigenvalue weighted by Crippen LogP contribution is -2.29. The third kappa shape index (κ3) is 5.51. The molecule has 0 unspecified atom stereocenters. The van der Waals surface area contributed by atoms with Crippen LogP contribution in [0.5, 0.6) is 0 Å². The predicted molar refractivity (Wildman–Crippen MR) is 110 cm³/mol. The van der Waals surface area contributed by atoms with Crippen LogP contribution >= 0.6 is 27.3 Å². The molecule has 2 amide bonds. The first kappa shape index (κ1) is 19.3. The number of hydrogen-bond acceptors (Lipinski definition) is 4. The van der Waals surface area contributed by atoms with Crippen molar-refractivity contribution >= 4 is 44.9 Å².